The van der Waals surface area contributed by atoms with Crippen molar-refractivity contribution in [3.63, 3.8) is 0 Å². The highest BCUT2D eigenvalue weighted by Crippen LogP contribution is 2.41. The number of likely N-dealkylation sites (N-methyl/N-ethyl adjacent to an activating group) is 1. The molecule has 122 valence electrons. The minimum atomic E-state index is -0.670. The maximum Gasteiger partial charge on any atom is 0.244 e. The van der Waals surface area contributed by atoms with E-state index in [0.717, 1.165) is 5.56 Å². The van der Waals surface area contributed by atoms with Gasteiger partial charge in [0.05, 0.1) is 5.41 Å². The van der Waals surface area contributed by atoms with Crippen molar-refractivity contribution in [3.05, 3.63) is 35.9 Å². The van der Waals surface area contributed by atoms with Crippen LogP contribution in [0.15, 0.2) is 30.3 Å². The van der Waals surface area contributed by atoms with Gasteiger partial charge in [-0.15, -0.1) is 0 Å². The molecule has 2 fully saturated rings. The molecule has 0 aromatic heterocycles. The molecule has 1 aromatic rings. The second kappa shape index (κ2) is 5.77. The zero-order valence-corrected chi connectivity index (χ0v) is 13.4. The van der Waals surface area contributed by atoms with Gasteiger partial charge in [0.2, 0.25) is 17.7 Å². The van der Waals surface area contributed by atoms with E-state index in [9.17, 15) is 14.4 Å². The number of likely N-dealkylation sites (tertiary alicyclic amines) is 1. The van der Waals surface area contributed by atoms with E-state index in [1.807, 2.05) is 35.2 Å². The number of nitrogens with one attached hydrogen (secondary N) is 1. The van der Waals surface area contributed by atoms with Crippen molar-refractivity contribution in [3.8, 4) is 0 Å². The first-order chi connectivity index (χ1) is 10.9. The predicted molar refractivity (Wildman–Crippen MR) is 84.3 cm³/mol. The molecule has 6 nitrogen and oxygen atoms in total. The van der Waals surface area contributed by atoms with Crippen molar-refractivity contribution in [1.82, 2.24) is 15.1 Å². The summed E-state index contributed by atoms with van der Waals surface area (Å²) in [7, 11) is 3.46. The third-order valence-corrected chi connectivity index (χ3v) is 4.77. The number of carbonyl (C=O) groups excluding carboxylic acids is 3. The van der Waals surface area contributed by atoms with E-state index >= 15 is 0 Å². The van der Waals surface area contributed by atoms with Crippen molar-refractivity contribution >= 4 is 17.7 Å². The quantitative estimate of drug-likeness (QED) is 0.827. The summed E-state index contributed by atoms with van der Waals surface area (Å²) < 4.78 is 0. The van der Waals surface area contributed by atoms with Crippen LogP contribution >= 0.6 is 0 Å². The first-order valence-corrected chi connectivity index (χ1v) is 7.77. The maximum absolute atomic E-state index is 12.7. The minimum Gasteiger partial charge on any atom is -0.347 e. The Morgan fingerprint density at radius 3 is 2.52 bits per heavy atom. The number of nitrogens with zero attached hydrogens (tertiary/aromatic N) is 2. The van der Waals surface area contributed by atoms with Crippen molar-refractivity contribution in [2.75, 3.05) is 27.2 Å². The SMILES string of the molecule is CN(C)C(=O)C(c1ccccc1)N1CCC2(CC(=O)NC2=O)C1. The van der Waals surface area contributed by atoms with Crippen molar-refractivity contribution in [2.24, 2.45) is 5.41 Å². The standard InChI is InChI=1S/C17H21N3O3/c1-19(2)15(22)14(12-6-4-3-5-7-12)20-9-8-17(11-20)10-13(21)18-16(17)23/h3-7,14H,8-11H2,1-2H3,(H,18,21,23). The first kappa shape index (κ1) is 15.7. The Morgan fingerprint density at radius 1 is 1.26 bits per heavy atom. The van der Waals surface area contributed by atoms with E-state index in [-0.39, 0.29) is 24.1 Å². The smallest absolute Gasteiger partial charge is 0.244 e. The van der Waals surface area contributed by atoms with Crippen molar-refractivity contribution < 1.29 is 14.4 Å². The summed E-state index contributed by atoms with van der Waals surface area (Å²) in [5.74, 6) is -0.431. The van der Waals surface area contributed by atoms with Crippen LogP contribution in [0, 0.1) is 5.41 Å². The van der Waals surface area contributed by atoms with Gasteiger partial charge in [-0.05, 0) is 12.0 Å². The lowest BCUT2D eigenvalue weighted by atomic mass is 9.85. The average molecular weight is 315 g/mol. The van der Waals surface area contributed by atoms with Crippen molar-refractivity contribution in [2.45, 2.75) is 18.9 Å². The number of benzene rings is 1. The highest BCUT2D eigenvalue weighted by molar-refractivity contribution is 6.06. The van der Waals surface area contributed by atoms with Crippen molar-refractivity contribution in [1.29, 1.82) is 0 Å². The van der Waals surface area contributed by atoms with Crippen LogP contribution in [0.4, 0.5) is 0 Å². The second-order valence-electron chi connectivity index (χ2n) is 6.60. The lowest BCUT2D eigenvalue weighted by molar-refractivity contribution is -0.135. The van der Waals surface area contributed by atoms with Gasteiger partial charge in [0.25, 0.3) is 0 Å². The van der Waals surface area contributed by atoms with E-state index in [1.54, 1.807) is 19.0 Å². The number of rotatable bonds is 3. The van der Waals surface area contributed by atoms with Crippen LogP contribution in [-0.2, 0) is 14.4 Å². The molecule has 23 heavy (non-hydrogen) atoms. The minimum absolute atomic E-state index is 0.0158. The van der Waals surface area contributed by atoms with E-state index in [4.69, 9.17) is 0 Å². The molecule has 3 amide bonds. The lowest BCUT2D eigenvalue weighted by Crippen LogP contribution is -2.41. The fourth-order valence-electron chi connectivity index (χ4n) is 3.54. The highest BCUT2D eigenvalue weighted by Gasteiger charge is 2.52. The summed E-state index contributed by atoms with van der Waals surface area (Å²) in [5.41, 5.74) is 0.240. The molecule has 0 saturated carbocycles. The monoisotopic (exact) mass is 315 g/mol. The second-order valence-corrected chi connectivity index (χ2v) is 6.60. The van der Waals surface area contributed by atoms with Crippen LogP contribution in [0.2, 0.25) is 0 Å². The van der Waals surface area contributed by atoms with E-state index in [0.29, 0.717) is 19.5 Å². The van der Waals surface area contributed by atoms with Gasteiger partial charge in [0.15, 0.2) is 0 Å². The zero-order chi connectivity index (χ0) is 16.6. The Balaban J connectivity index is 1.89. The molecule has 2 heterocycles. The number of hydrogen-bond acceptors (Lipinski definition) is 4. The topological polar surface area (TPSA) is 69.7 Å². The largest absolute Gasteiger partial charge is 0.347 e. The van der Waals surface area contributed by atoms with Crippen LogP contribution < -0.4 is 5.32 Å². The van der Waals surface area contributed by atoms with Gasteiger partial charge >= 0.3 is 0 Å². The van der Waals surface area contributed by atoms with E-state index in [2.05, 4.69) is 5.32 Å². The van der Waals surface area contributed by atoms with Crippen LogP contribution in [0.25, 0.3) is 0 Å². The van der Waals surface area contributed by atoms with Gasteiger partial charge in [-0.1, -0.05) is 30.3 Å². The summed E-state index contributed by atoms with van der Waals surface area (Å²) in [6.07, 6.45) is 0.828. The molecule has 2 saturated heterocycles. The van der Waals surface area contributed by atoms with Gasteiger partial charge in [0, 0.05) is 33.6 Å². The van der Waals surface area contributed by atoms with Crippen LogP contribution in [0.3, 0.4) is 0 Å². The van der Waals surface area contributed by atoms with Gasteiger partial charge in [-0.3, -0.25) is 24.6 Å². The molecule has 2 aliphatic heterocycles. The number of imide groups is 1. The summed E-state index contributed by atoms with van der Waals surface area (Å²) >= 11 is 0. The summed E-state index contributed by atoms with van der Waals surface area (Å²) in [6, 6.07) is 9.16. The van der Waals surface area contributed by atoms with Crippen LogP contribution in [-0.4, -0.2) is 54.7 Å². The summed E-state index contributed by atoms with van der Waals surface area (Å²) in [5, 5.41) is 2.40. The number of amides is 3. The summed E-state index contributed by atoms with van der Waals surface area (Å²) in [6.45, 7) is 1.06. The number of hydrogen-bond donors (Lipinski definition) is 1. The predicted octanol–water partition coefficient (Wildman–Crippen LogP) is 0.554. The van der Waals surface area contributed by atoms with Crippen LogP contribution in [0.1, 0.15) is 24.4 Å². The molecule has 2 atom stereocenters. The maximum atomic E-state index is 12.7. The van der Waals surface area contributed by atoms with Gasteiger partial charge in [0.1, 0.15) is 6.04 Å². The molecule has 0 aliphatic carbocycles. The number of carbonyl (C=O) groups is 3. The average Bonchev–Trinajstić information content (AvgIpc) is 3.04. The van der Waals surface area contributed by atoms with Crippen LogP contribution in [0.5, 0.6) is 0 Å². The zero-order valence-electron chi connectivity index (χ0n) is 13.4. The molecular formula is C17H21N3O3. The summed E-state index contributed by atoms with van der Waals surface area (Å²) in [4.78, 5) is 40.0. The third kappa shape index (κ3) is 2.74. The third-order valence-electron chi connectivity index (χ3n) is 4.77. The fraction of sp³-hybridized carbons (Fsp3) is 0.471. The Bertz CT molecular complexity index is 644. The molecule has 0 bridgehead atoms. The first-order valence-electron chi connectivity index (χ1n) is 7.77. The molecule has 0 radical (unpaired) electrons. The Hall–Kier alpha value is -2.21. The Morgan fingerprint density at radius 2 is 1.96 bits per heavy atom. The highest BCUT2D eigenvalue weighted by atomic mass is 16.2. The molecular weight excluding hydrogens is 294 g/mol. The molecule has 3 rings (SSSR count). The molecule has 2 aliphatic rings. The van der Waals surface area contributed by atoms with Gasteiger partial charge in [-0.2, -0.15) is 0 Å². The molecule has 2 unspecified atom stereocenters. The van der Waals surface area contributed by atoms with Gasteiger partial charge < -0.3 is 4.90 Å². The molecule has 6 heteroatoms. The van der Waals surface area contributed by atoms with Gasteiger partial charge in [-0.25, -0.2) is 0 Å². The molecule has 1 aromatic carbocycles. The van der Waals surface area contributed by atoms with E-state index in [1.165, 1.54) is 0 Å². The van der Waals surface area contributed by atoms with E-state index < -0.39 is 11.5 Å². The molecule has 1 spiro atoms. The Labute approximate surface area is 135 Å². The normalized spacial score (nSPS) is 25.7. The lowest BCUT2D eigenvalue weighted by Gasteiger charge is -2.30. The fourth-order valence-corrected chi connectivity index (χ4v) is 3.54. The Kier molecular flexibility index (Phi) is 3.93. The molecule has 1 N–H and O–H groups in total.